The molecule has 2 atom stereocenters. The van der Waals surface area contributed by atoms with Crippen LogP contribution in [0, 0.1) is 6.92 Å². The second-order valence-electron chi connectivity index (χ2n) is 6.33. The van der Waals surface area contributed by atoms with Crippen molar-refractivity contribution in [3.8, 4) is 0 Å². The van der Waals surface area contributed by atoms with E-state index in [2.05, 4.69) is 4.98 Å². The van der Waals surface area contributed by atoms with Crippen LogP contribution in [0.5, 0.6) is 0 Å². The van der Waals surface area contributed by atoms with Crippen molar-refractivity contribution in [1.29, 1.82) is 0 Å². The van der Waals surface area contributed by atoms with E-state index in [0.717, 1.165) is 5.01 Å². The third-order valence-electron chi connectivity index (χ3n) is 4.40. The standard InChI is InChI=1S/C14H20N4O4S2/c1-9-15-10(6-23-9)13(19)17-4-5-18(14(20)16(2)3)12-8-24(21,22)7-11(12)17/h6,11-12H,4-5,7-8H2,1-3H3. The van der Waals surface area contributed by atoms with Gasteiger partial charge >= 0.3 is 6.03 Å². The zero-order valence-electron chi connectivity index (χ0n) is 13.8. The minimum atomic E-state index is -3.29. The van der Waals surface area contributed by atoms with E-state index in [9.17, 15) is 18.0 Å². The molecule has 0 aliphatic carbocycles. The Morgan fingerprint density at radius 3 is 2.33 bits per heavy atom. The number of nitrogens with zero attached hydrogens (tertiary/aromatic N) is 4. The summed E-state index contributed by atoms with van der Waals surface area (Å²) in [5.74, 6) is -0.468. The van der Waals surface area contributed by atoms with Gasteiger partial charge in [0, 0.05) is 32.6 Å². The molecule has 2 aliphatic heterocycles. The number of hydrogen-bond acceptors (Lipinski definition) is 6. The molecule has 2 unspecified atom stereocenters. The van der Waals surface area contributed by atoms with Crippen LogP contribution in [0.1, 0.15) is 15.5 Å². The molecular weight excluding hydrogens is 352 g/mol. The normalized spacial score (nSPS) is 25.5. The van der Waals surface area contributed by atoms with E-state index in [-0.39, 0.29) is 23.4 Å². The Morgan fingerprint density at radius 2 is 1.79 bits per heavy atom. The fourth-order valence-corrected chi connectivity index (χ4v) is 5.88. The van der Waals surface area contributed by atoms with Crippen LogP contribution < -0.4 is 0 Å². The second-order valence-corrected chi connectivity index (χ2v) is 9.55. The van der Waals surface area contributed by atoms with Gasteiger partial charge in [0.1, 0.15) is 5.69 Å². The number of hydrogen-bond donors (Lipinski definition) is 0. The molecule has 3 heterocycles. The fourth-order valence-electron chi connectivity index (χ4n) is 3.31. The average molecular weight is 372 g/mol. The van der Waals surface area contributed by atoms with E-state index < -0.39 is 21.9 Å². The van der Waals surface area contributed by atoms with Gasteiger partial charge in [-0.2, -0.15) is 0 Å². The molecule has 0 aromatic carbocycles. The molecule has 132 valence electrons. The second kappa shape index (κ2) is 5.99. The zero-order chi connectivity index (χ0) is 17.6. The number of fused-ring (bicyclic) bond motifs is 1. The number of thiazole rings is 1. The Balaban J connectivity index is 1.90. The van der Waals surface area contributed by atoms with Crippen LogP contribution in [0.15, 0.2) is 5.38 Å². The van der Waals surface area contributed by atoms with Gasteiger partial charge in [-0.25, -0.2) is 18.2 Å². The lowest BCUT2D eigenvalue weighted by molar-refractivity contribution is 0.0389. The zero-order valence-corrected chi connectivity index (χ0v) is 15.4. The highest BCUT2D eigenvalue weighted by Gasteiger charge is 2.50. The van der Waals surface area contributed by atoms with Gasteiger partial charge in [0.2, 0.25) is 0 Å². The maximum atomic E-state index is 12.7. The topological polar surface area (TPSA) is 90.9 Å². The molecule has 8 nitrogen and oxygen atoms in total. The van der Waals surface area contributed by atoms with E-state index in [1.165, 1.54) is 16.2 Å². The molecule has 0 saturated carbocycles. The summed E-state index contributed by atoms with van der Waals surface area (Å²) in [5.41, 5.74) is 0.341. The summed E-state index contributed by atoms with van der Waals surface area (Å²) in [6.45, 7) is 2.45. The van der Waals surface area contributed by atoms with Gasteiger partial charge < -0.3 is 14.7 Å². The third-order valence-corrected chi connectivity index (χ3v) is 6.88. The van der Waals surface area contributed by atoms with Crippen molar-refractivity contribution in [2.45, 2.75) is 19.0 Å². The van der Waals surface area contributed by atoms with Crippen molar-refractivity contribution in [2.24, 2.45) is 0 Å². The Kier molecular flexibility index (Phi) is 4.28. The molecule has 0 spiro atoms. The van der Waals surface area contributed by atoms with Crippen LogP contribution in [0.4, 0.5) is 4.79 Å². The predicted molar refractivity (Wildman–Crippen MR) is 89.9 cm³/mol. The molecular formula is C14H20N4O4S2. The van der Waals surface area contributed by atoms with E-state index in [1.807, 2.05) is 6.92 Å². The highest BCUT2D eigenvalue weighted by atomic mass is 32.2. The van der Waals surface area contributed by atoms with Gasteiger partial charge in [-0.3, -0.25) is 4.79 Å². The number of urea groups is 1. The van der Waals surface area contributed by atoms with Crippen LogP contribution in [-0.2, 0) is 9.84 Å². The molecule has 3 amide bonds. The fraction of sp³-hybridized carbons (Fsp3) is 0.643. The quantitative estimate of drug-likeness (QED) is 0.695. The molecule has 1 aromatic heterocycles. The summed E-state index contributed by atoms with van der Waals surface area (Å²) in [5, 5.41) is 2.48. The van der Waals surface area contributed by atoms with Crippen molar-refractivity contribution in [3.63, 3.8) is 0 Å². The van der Waals surface area contributed by atoms with Crippen molar-refractivity contribution >= 4 is 33.1 Å². The highest BCUT2D eigenvalue weighted by Crippen LogP contribution is 2.29. The van der Waals surface area contributed by atoms with Gasteiger partial charge in [0.15, 0.2) is 9.84 Å². The van der Waals surface area contributed by atoms with E-state index in [4.69, 9.17) is 0 Å². The SMILES string of the molecule is Cc1nc(C(=O)N2CCN(C(=O)N(C)C)C3CS(=O)(=O)CC32)cs1. The maximum absolute atomic E-state index is 12.7. The molecule has 0 bridgehead atoms. The Labute approximate surface area is 145 Å². The predicted octanol–water partition coefficient (Wildman–Crippen LogP) is 0.0565. The van der Waals surface area contributed by atoms with Crippen LogP contribution in [0.2, 0.25) is 0 Å². The van der Waals surface area contributed by atoms with Crippen LogP contribution in [0.25, 0.3) is 0 Å². The number of piperazine rings is 1. The minimum Gasteiger partial charge on any atom is -0.331 e. The highest BCUT2D eigenvalue weighted by molar-refractivity contribution is 7.91. The van der Waals surface area contributed by atoms with Gasteiger partial charge in [-0.05, 0) is 6.92 Å². The number of aryl methyl sites for hydroxylation is 1. The Morgan fingerprint density at radius 1 is 1.21 bits per heavy atom. The van der Waals surface area contributed by atoms with Crippen LogP contribution >= 0.6 is 11.3 Å². The Bertz CT molecular complexity index is 773. The molecule has 2 saturated heterocycles. The average Bonchev–Trinajstić information content (AvgIpc) is 3.06. The third kappa shape index (κ3) is 3.00. The maximum Gasteiger partial charge on any atom is 0.319 e. The monoisotopic (exact) mass is 372 g/mol. The smallest absolute Gasteiger partial charge is 0.319 e. The summed E-state index contributed by atoms with van der Waals surface area (Å²) >= 11 is 1.38. The van der Waals surface area contributed by atoms with Crippen LogP contribution in [0.3, 0.4) is 0 Å². The molecule has 2 fully saturated rings. The first-order valence-corrected chi connectivity index (χ1v) is 10.3. The lowest BCUT2D eigenvalue weighted by Crippen LogP contribution is -2.63. The molecule has 0 N–H and O–H groups in total. The van der Waals surface area contributed by atoms with Gasteiger partial charge in [0.25, 0.3) is 5.91 Å². The van der Waals surface area contributed by atoms with E-state index in [1.54, 1.807) is 29.3 Å². The molecule has 1 aromatic rings. The minimum absolute atomic E-state index is 0.100. The van der Waals surface area contributed by atoms with Crippen molar-refractivity contribution in [1.82, 2.24) is 19.7 Å². The number of carbonyl (C=O) groups excluding carboxylic acids is 2. The van der Waals surface area contributed by atoms with Crippen molar-refractivity contribution < 1.29 is 18.0 Å². The van der Waals surface area contributed by atoms with Gasteiger partial charge in [-0.1, -0.05) is 0 Å². The number of amides is 3. The van der Waals surface area contributed by atoms with Crippen molar-refractivity contribution in [3.05, 3.63) is 16.1 Å². The summed E-state index contributed by atoms with van der Waals surface area (Å²) in [7, 11) is -0.0179. The summed E-state index contributed by atoms with van der Waals surface area (Å²) in [6.07, 6.45) is 0. The molecule has 0 radical (unpaired) electrons. The molecule has 3 rings (SSSR count). The number of rotatable bonds is 1. The lowest BCUT2D eigenvalue weighted by atomic mass is 10.0. The number of aromatic nitrogens is 1. The summed E-state index contributed by atoms with van der Waals surface area (Å²) in [4.78, 5) is 33.9. The van der Waals surface area contributed by atoms with E-state index >= 15 is 0 Å². The van der Waals surface area contributed by atoms with Gasteiger partial charge in [0.05, 0.1) is 28.6 Å². The van der Waals surface area contributed by atoms with Crippen LogP contribution in [-0.4, -0.2) is 90.8 Å². The number of carbonyl (C=O) groups is 2. The first kappa shape index (κ1) is 17.2. The van der Waals surface area contributed by atoms with Gasteiger partial charge in [-0.15, -0.1) is 11.3 Å². The first-order chi connectivity index (χ1) is 11.2. The molecule has 2 aliphatic rings. The summed E-state index contributed by atoms with van der Waals surface area (Å²) in [6, 6.07) is -1.23. The molecule has 10 heteroatoms. The largest absolute Gasteiger partial charge is 0.331 e. The Hall–Kier alpha value is -1.68. The lowest BCUT2D eigenvalue weighted by Gasteiger charge is -2.44. The number of sulfone groups is 1. The van der Waals surface area contributed by atoms with E-state index in [0.29, 0.717) is 18.8 Å². The van der Waals surface area contributed by atoms with Crippen molar-refractivity contribution in [2.75, 3.05) is 38.7 Å². The first-order valence-electron chi connectivity index (χ1n) is 7.61. The molecule has 24 heavy (non-hydrogen) atoms. The summed E-state index contributed by atoms with van der Waals surface area (Å²) < 4.78 is 24.3.